The van der Waals surface area contributed by atoms with Gasteiger partial charge in [0.15, 0.2) is 13.0 Å². The van der Waals surface area contributed by atoms with Crippen molar-refractivity contribution in [2.24, 2.45) is 0 Å². The fourth-order valence-corrected chi connectivity index (χ4v) is 4.01. The standard InChI is InChI=1S/C21H27N3O5/c1-3-8-21(4-2,14-6-5-7-16(9-14)29-13-25)17-12-18-22-15(11-20(27)28)10-19(26)24(18)23-17/h5-7,9-10,12,19,22,25-26H,3-4,8,11,13H2,1-2H3,(H,27,28). The van der Waals surface area contributed by atoms with Crippen LogP contribution in [0.3, 0.4) is 0 Å². The van der Waals surface area contributed by atoms with Gasteiger partial charge in [-0.3, -0.25) is 4.79 Å². The molecule has 0 radical (unpaired) electrons. The van der Waals surface area contributed by atoms with Gasteiger partial charge in [-0.15, -0.1) is 0 Å². The second-order valence-electron chi connectivity index (χ2n) is 7.15. The number of carboxylic acid groups (broad SMARTS) is 1. The molecule has 0 saturated carbocycles. The number of anilines is 1. The van der Waals surface area contributed by atoms with Crippen LogP contribution in [0.5, 0.6) is 5.75 Å². The van der Waals surface area contributed by atoms with Crippen molar-refractivity contribution in [1.29, 1.82) is 0 Å². The molecule has 1 aromatic carbocycles. The molecule has 2 heterocycles. The third kappa shape index (κ3) is 4.13. The Hall–Kier alpha value is -2.84. The summed E-state index contributed by atoms with van der Waals surface area (Å²) in [6.07, 6.45) is 2.74. The van der Waals surface area contributed by atoms with Gasteiger partial charge < -0.3 is 25.4 Å². The minimum Gasteiger partial charge on any atom is -0.481 e. The zero-order valence-corrected chi connectivity index (χ0v) is 16.6. The van der Waals surface area contributed by atoms with Gasteiger partial charge in [0.25, 0.3) is 0 Å². The van der Waals surface area contributed by atoms with Crippen molar-refractivity contribution in [2.45, 2.75) is 51.2 Å². The minimum absolute atomic E-state index is 0.202. The summed E-state index contributed by atoms with van der Waals surface area (Å²) in [5, 5.41) is 36.3. The second-order valence-corrected chi connectivity index (χ2v) is 7.15. The first kappa shape index (κ1) is 20.9. The Morgan fingerprint density at radius 1 is 1.34 bits per heavy atom. The van der Waals surface area contributed by atoms with Crippen LogP contribution in [-0.2, 0) is 10.2 Å². The summed E-state index contributed by atoms with van der Waals surface area (Å²) in [7, 11) is 0. The SMILES string of the molecule is CCCC(CC)(c1cccc(OCO)c1)c1cc2n(n1)C(O)C=C(CC(=O)O)N2. The lowest BCUT2D eigenvalue weighted by Gasteiger charge is -2.32. The fourth-order valence-electron chi connectivity index (χ4n) is 4.01. The molecule has 8 nitrogen and oxygen atoms in total. The number of nitrogens with one attached hydrogen (secondary N) is 1. The molecular formula is C21H27N3O5. The highest BCUT2D eigenvalue weighted by atomic mass is 16.6. The molecule has 1 aromatic heterocycles. The molecule has 8 heteroatoms. The number of hydrogen-bond acceptors (Lipinski definition) is 6. The van der Waals surface area contributed by atoms with E-state index >= 15 is 0 Å². The number of carbonyl (C=O) groups is 1. The highest BCUT2D eigenvalue weighted by Crippen LogP contribution is 2.42. The van der Waals surface area contributed by atoms with Crippen LogP contribution >= 0.6 is 0 Å². The van der Waals surface area contributed by atoms with Crippen LogP contribution in [0.15, 0.2) is 42.1 Å². The van der Waals surface area contributed by atoms with Crippen molar-refractivity contribution < 1.29 is 24.9 Å². The second kappa shape index (κ2) is 8.67. The van der Waals surface area contributed by atoms with Gasteiger partial charge in [-0.25, -0.2) is 4.68 Å². The average molecular weight is 401 g/mol. The molecule has 0 amide bonds. The van der Waals surface area contributed by atoms with Crippen LogP contribution in [0.1, 0.15) is 57.0 Å². The molecule has 1 aliphatic heterocycles. The van der Waals surface area contributed by atoms with Gasteiger partial charge in [0.2, 0.25) is 0 Å². The van der Waals surface area contributed by atoms with Crippen LogP contribution in [0.4, 0.5) is 5.82 Å². The molecular weight excluding hydrogens is 374 g/mol. The Bertz CT molecular complexity index is 907. The van der Waals surface area contributed by atoms with Crippen molar-refractivity contribution in [3.8, 4) is 5.75 Å². The summed E-state index contributed by atoms with van der Waals surface area (Å²) >= 11 is 0. The molecule has 156 valence electrons. The Kier molecular flexibility index (Phi) is 6.24. The maximum Gasteiger partial charge on any atom is 0.309 e. The molecule has 2 aromatic rings. The lowest BCUT2D eigenvalue weighted by molar-refractivity contribution is -0.136. The van der Waals surface area contributed by atoms with Gasteiger partial charge in [0.1, 0.15) is 11.6 Å². The Morgan fingerprint density at radius 2 is 2.14 bits per heavy atom. The molecule has 3 rings (SSSR count). The molecule has 0 bridgehead atoms. The molecule has 0 spiro atoms. The summed E-state index contributed by atoms with van der Waals surface area (Å²) in [5.41, 5.74) is 1.81. The maximum absolute atomic E-state index is 11.0. The highest BCUT2D eigenvalue weighted by molar-refractivity contribution is 5.71. The van der Waals surface area contributed by atoms with Gasteiger partial charge in [-0.2, -0.15) is 5.10 Å². The van der Waals surface area contributed by atoms with E-state index in [2.05, 4.69) is 24.3 Å². The fraction of sp³-hybridized carbons (Fsp3) is 0.429. The van der Waals surface area contributed by atoms with Crippen molar-refractivity contribution in [1.82, 2.24) is 9.78 Å². The molecule has 4 N–H and O–H groups in total. The number of aliphatic hydroxyl groups excluding tert-OH is 2. The molecule has 2 unspecified atom stereocenters. The zero-order valence-electron chi connectivity index (χ0n) is 16.6. The number of hydrogen-bond donors (Lipinski definition) is 4. The third-order valence-electron chi connectivity index (χ3n) is 5.36. The number of benzene rings is 1. The number of ether oxygens (including phenoxy) is 1. The van der Waals surface area contributed by atoms with E-state index in [1.807, 2.05) is 24.3 Å². The topological polar surface area (TPSA) is 117 Å². The molecule has 0 fully saturated rings. The Morgan fingerprint density at radius 3 is 2.79 bits per heavy atom. The van der Waals surface area contributed by atoms with Crippen molar-refractivity contribution in [3.63, 3.8) is 0 Å². The van der Waals surface area contributed by atoms with Crippen LogP contribution in [-0.4, -0.2) is 37.9 Å². The molecule has 1 aliphatic rings. The van der Waals surface area contributed by atoms with Crippen LogP contribution in [0, 0.1) is 0 Å². The van der Waals surface area contributed by atoms with E-state index in [1.165, 1.54) is 10.8 Å². The van der Waals surface area contributed by atoms with Crippen molar-refractivity contribution in [3.05, 3.63) is 53.4 Å². The van der Waals surface area contributed by atoms with Crippen LogP contribution in [0.2, 0.25) is 0 Å². The number of fused-ring (bicyclic) bond motifs is 1. The first-order valence-corrected chi connectivity index (χ1v) is 9.75. The number of carboxylic acids is 1. The van der Waals surface area contributed by atoms with E-state index < -0.39 is 24.4 Å². The largest absolute Gasteiger partial charge is 0.481 e. The molecule has 29 heavy (non-hydrogen) atoms. The van der Waals surface area contributed by atoms with E-state index in [9.17, 15) is 9.90 Å². The summed E-state index contributed by atoms with van der Waals surface area (Å²) in [4.78, 5) is 11.0. The van der Waals surface area contributed by atoms with Gasteiger partial charge in [-0.05, 0) is 36.6 Å². The molecule has 2 atom stereocenters. The zero-order chi connectivity index (χ0) is 21.0. The lowest BCUT2D eigenvalue weighted by atomic mass is 9.72. The van der Waals surface area contributed by atoms with Gasteiger partial charge >= 0.3 is 5.97 Å². The van der Waals surface area contributed by atoms with Crippen molar-refractivity contribution in [2.75, 3.05) is 12.1 Å². The summed E-state index contributed by atoms with van der Waals surface area (Å²) in [6.45, 7) is 3.79. The van der Waals surface area contributed by atoms with Gasteiger partial charge in [-0.1, -0.05) is 32.4 Å². The van der Waals surface area contributed by atoms with E-state index in [1.54, 1.807) is 6.07 Å². The van der Waals surface area contributed by atoms with Crippen LogP contribution in [0.25, 0.3) is 0 Å². The first-order valence-electron chi connectivity index (χ1n) is 9.75. The van der Waals surface area contributed by atoms with E-state index in [0.717, 1.165) is 30.5 Å². The van der Waals surface area contributed by atoms with E-state index in [0.29, 0.717) is 17.3 Å². The van der Waals surface area contributed by atoms with Gasteiger partial charge in [0, 0.05) is 17.2 Å². The third-order valence-corrected chi connectivity index (χ3v) is 5.36. The van der Waals surface area contributed by atoms with Crippen LogP contribution < -0.4 is 10.1 Å². The van der Waals surface area contributed by atoms with E-state index in [4.69, 9.17) is 14.9 Å². The van der Waals surface area contributed by atoms with E-state index in [-0.39, 0.29) is 6.42 Å². The number of nitrogens with zero attached hydrogens (tertiary/aromatic N) is 2. The maximum atomic E-state index is 11.0. The Labute approximate surface area is 169 Å². The monoisotopic (exact) mass is 401 g/mol. The molecule has 0 aliphatic carbocycles. The highest BCUT2D eigenvalue weighted by Gasteiger charge is 2.36. The predicted octanol–water partition coefficient (Wildman–Crippen LogP) is 2.98. The summed E-state index contributed by atoms with van der Waals surface area (Å²) in [6, 6.07) is 9.47. The number of aliphatic hydroxyl groups is 2. The lowest BCUT2D eigenvalue weighted by Crippen LogP contribution is -2.28. The quantitative estimate of drug-likeness (QED) is 0.477. The average Bonchev–Trinajstić information content (AvgIpc) is 3.11. The summed E-state index contributed by atoms with van der Waals surface area (Å²) in [5.74, 6) is 0.160. The minimum atomic E-state index is -1.03. The Balaban J connectivity index is 2.04. The van der Waals surface area contributed by atoms with Crippen molar-refractivity contribution >= 4 is 11.8 Å². The smallest absolute Gasteiger partial charge is 0.309 e. The first-order chi connectivity index (χ1) is 13.9. The van der Waals surface area contributed by atoms with Gasteiger partial charge in [0.05, 0.1) is 12.1 Å². The number of aromatic nitrogens is 2. The predicted molar refractivity (Wildman–Crippen MR) is 108 cm³/mol. The number of aliphatic carboxylic acids is 1. The molecule has 0 saturated heterocycles. The normalized spacial score (nSPS) is 17.7. The summed E-state index contributed by atoms with van der Waals surface area (Å²) < 4.78 is 6.73. The number of rotatable bonds is 9.